The van der Waals surface area contributed by atoms with E-state index in [9.17, 15) is 0 Å². The zero-order valence-corrected chi connectivity index (χ0v) is 18.5. The first kappa shape index (κ1) is 21.8. The van der Waals surface area contributed by atoms with E-state index >= 15 is 0 Å². The van der Waals surface area contributed by atoms with Gasteiger partial charge in [0.05, 0.1) is 26.0 Å². The third-order valence-electron chi connectivity index (χ3n) is 6.14. The number of nitrogens with zero attached hydrogens (tertiary/aromatic N) is 3. The summed E-state index contributed by atoms with van der Waals surface area (Å²) in [7, 11) is 3.49. The molecule has 160 valence electrons. The molecule has 2 heterocycles. The topological polar surface area (TPSA) is 48.8 Å². The Morgan fingerprint density at radius 3 is 2.72 bits per heavy atom. The smallest absolute Gasteiger partial charge is 0.119 e. The van der Waals surface area contributed by atoms with E-state index in [-0.39, 0.29) is 5.41 Å². The van der Waals surface area contributed by atoms with Crippen molar-refractivity contribution in [3.05, 3.63) is 46.8 Å². The minimum atomic E-state index is -0.0369. The Kier molecular flexibility index (Phi) is 7.33. The lowest BCUT2D eigenvalue weighted by molar-refractivity contribution is 0.113. The van der Waals surface area contributed by atoms with E-state index in [1.54, 1.807) is 14.2 Å². The van der Waals surface area contributed by atoms with Crippen LogP contribution < -0.4 is 4.74 Å². The zero-order chi connectivity index (χ0) is 20.9. The monoisotopic (exact) mass is 401 g/mol. The van der Waals surface area contributed by atoms with Gasteiger partial charge in [-0.15, -0.1) is 0 Å². The van der Waals surface area contributed by atoms with Gasteiger partial charge in [-0.2, -0.15) is 5.10 Å². The predicted molar refractivity (Wildman–Crippen MR) is 115 cm³/mol. The molecule has 1 aliphatic heterocycles. The highest BCUT2D eigenvalue weighted by Crippen LogP contribution is 2.36. The summed E-state index contributed by atoms with van der Waals surface area (Å²) in [5, 5.41) is 4.71. The average Bonchev–Trinajstić information content (AvgIpc) is 3.32. The molecule has 6 heteroatoms. The number of ether oxygens (including phenoxy) is 3. The summed E-state index contributed by atoms with van der Waals surface area (Å²) in [6.45, 7) is 12.2. The largest absolute Gasteiger partial charge is 0.497 e. The van der Waals surface area contributed by atoms with Gasteiger partial charge >= 0.3 is 0 Å². The molecule has 1 aromatic carbocycles. The summed E-state index contributed by atoms with van der Waals surface area (Å²) in [5.41, 5.74) is 4.94. The number of hydrogen-bond donors (Lipinski definition) is 0. The van der Waals surface area contributed by atoms with Crippen molar-refractivity contribution < 1.29 is 14.2 Å². The van der Waals surface area contributed by atoms with Crippen LogP contribution in [-0.2, 0) is 28.0 Å². The second-order valence-electron chi connectivity index (χ2n) is 7.98. The first-order chi connectivity index (χ1) is 14.0. The molecule has 1 fully saturated rings. The first-order valence-corrected chi connectivity index (χ1v) is 10.5. The Balaban J connectivity index is 1.88. The molecule has 2 aromatic rings. The highest BCUT2D eigenvalue weighted by molar-refractivity contribution is 5.35. The van der Waals surface area contributed by atoms with Crippen molar-refractivity contribution in [2.45, 2.75) is 45.7 Å². The molecular weight excluding hydrogens is 366 g/mol. The van der Waals surface area contributed by atoms with Gasteiger partial charge in [-0.1, -0.05) is 12.1 Å². The lowest BCUT2D eigenvalue weighted by Gasteiger charge is -2.35. The standard InChI is InChI=1S/C23H35N3O3/c1-6-26-19(3)22(18(2)24-26)15-25(11-13-27-4)16-23(10-12-29-17-23)20-8-7-9-21(14-20)28-5/h7-9,14H,6,10-13,15-17H2,1-5H3. The molecule has 1 unspecified atom stereocenters. The maximum absolute atomic E-state index is 5.90. The van der Waals surface area contributed by atoms with Gasteiger partial charge in [0.1, 0.15) is 5.75 Å². The summed E-state index contributed by atoms with van der Waals surface area (Å²) in [6, 6.07) is 8.45. The van der Waals surface area contributed by atoms with Gasteiger partial charge in [0.25, 0.3) is 0 Å². The number of benzene rings is 1. The van der Waals surface area contributed by atoms with E-state index in [1.807, 2.05) is 6.07 Å². The van der Waals surface area contributed by atoms with E-state index < -0.39 is 0 Å². The first-order valence-electron chi connectivity index (χ1n) is 10.5. The van der Waals surface area contributed by atoms with Crippen LogP contribution in [0.15, 0.2) is 24.3 Å². The number of rotatable bonds is 10. The zero-order valence-electron chi connectivity index (χ0n) is 18.5. The van der Waals surface area contributed by atoms with Crippen LogP contribution >= 0.6 is 0 Å². The van der Waals surface area contributed by atoms with Crippen molar-refractivity contribution in [2.24, 2.45) is 0 Å². The molecule has 0 saturated carbocycles. The molecule has 1 aromatic heterocycles. The van der Waals surface area contributed by atoms with Crippen LogP contribution in [0.25, 0.3) is 0 Å². The highest BCUT2D eigenvalue weighted by atomic mass is 16.5. The Morgan fingerprint density at radius 1 is 1.28 bits per heavy atom. The molecule has 1 atom stereocenters. The van der Waals surface area contributed by atoms with Gasteiger partial charge < -0.3 is 14.2 Å². The molecule has 29 heavy (non-hydrogen) atoms. The summed E-state index contributed by atoms with van der Waals surface area (Å²) in [6.07, 6.45) is 1.01. The summed E-state index contributed by atoms with van der Waals surface area (Å²) in [4.78, 5) is 2.49. The molecule has 0 bridgehead atoms. The van der Waals surface area contributed by atoms with Crippen LogP contribution in [0.1, 0.15) is 35.9 Å². The molecule has 0 aliphatic carbocycles. The van der Waals surface area contributed by atoms with Crippen molar-refractivity contribution in [1.82, 2.24) is 14.7 Å². The van der Waals surface area contributed by atoms with E-state index in [2.05, 4.69) is 48.6 Å². The second-order valence-corrected chi connectivity index (χ2v) is 7.98. The normalized spacial score (nSPS) is 19.2. The van der Waals surface area contributed by atoms with Crippen LogP contribution in [-0.4, -0.2) is 61.8 Å². The third kappa shape index (κ3) is 4.82. The lowest BCUT2D eigenvalue weighted by atomic mass is 9.79. The molecule has 0 amide bonds. The van der Waals surface area contributed by atoms with Crippen LogP contribution in [0, 0.1) is 13.8 Å². The lowest BCUT2D eigenvalue weighted by Crippen LogP contribution is -2.42. The summed E-state index contributed by atoms with van der Waals surface area (Å²) in [5.74, 6) is 0.896. The van der Waals surface area contributed by atoms with Gasteiger partial charge in [0.2, 0.25) is 0 Å². The average molecular weight is 402 g/mol. The van der Waals surface area contributed by atoms with Crippen LogP contribution in [0.3, 0.4) is 0 Å². The summed E-state index contributed by atoms with van der Waals surface area (Å²) < 4.78 is 18.9. The molecular formula is C23H35N3O3. The van der Waals surface area contributed by atoms with E-state index in [4.69, 9.17) is 19.3 Å². The molecule has 0 spiro atoms. The number of hydrogen-bond acceptors (Lipinski definition) is 5. The van der Waals surface area contributed by atoms with Gasteiger partial charge in [-0.05, 0) is 44.9 Å². The maximum Gasteiger partial charge on any atom is 0.119 e. The van der Waals surface area contributed by atoms with Crippen molar-refractivity contribution in [2.75, 3.05) is 47.1 Å². The van der Waals surface area contributed by atoms with Gasteiger partial charge in [-0.3, -0.25) is 9.58 Å². The molecule has 1 saturated heterocycles. The van der Waals surface area contributed by atoms with Crippen LogP contribution in [0.4, 0.5) is 0 Å². The van der Waals surface area contributed by atoms with Crippen LogP contribution in [0.5, 0.6) is 5.75 Å². The van der Waals surface area contributed by atoms with E-state index in [1.165, 1.54) is 16.8 Å². The minimum absolute atomic E-state index is 0.0369. The third-order valence-corrected chi connectivity index (χ3v) is 6.14. The quantitative estimate of drug-likeness (QED) is 0.611. The van der Waals surface area contributed by atoms with Gasteiger partial charge in [0.15, 0.2) is 0 Å². The van der Waals surface area contributed by atoms with E-state index in [0.717, 1.165) is 57.3 Å². The predicted octanol–water partition coefficient (Wildman–Crippen LogP) is 3.34. The van der Waals surface area contributed by atoms with Gasteiger partial charge in [-0.25, -0.2) is 0 Å². The molecule has 0 radical (unpaired) electrons. The minimum Gasteiger partial charge on any atom is -0.497 e. The number of methoxy groups -OCH3 is 2. The molecule has 6 nitrogen and oxygen atoms in total. The van der Waals surface area contributed by atoms with Crippen molar-refractivity contribution in [3.8, 4) is 5.75 Å². The SMILES string of the molecule is CCn1nc(C)c(CN(CCOC)CC2(c3cccc(OC)c3)CCOC2)c1C. The van der Waals surface area contributed by atoms with Crippen LogP contribution in [0.2, 0.25) is 0 Å². The molecule has 3 rings (SSSR count). The Bertz CT molecular complexity index is 797. The van der Waals surface area contributed by atoms with Crippen molar-refractivity contribution >= 4 is 0 Å². The van der Waals surface area contributed by atoms with Gasteiger partial charge in [0, 0.05) is 56.6 Å². The van der Waals surface area contributed by atoms with Crippen molar-refractivity contribution in [3.63, 3.8) is 0 Å². The summed E-state index contributed by atoms with van der Waals surface area (Å²) >= 11 is 0. The Hall–Kier alpha value is -1.89. The molecule has 1 aliphatic rings. The maximum atomic E-state index is 5.90. The fourth-order valence-electron chi connectivity index (χ4n) is 4.36. The fraction of sp³-hybridized carbons (Fsp3) is 0.609. The van der Waals surface area contributed by atoms with E-state index in [0.29, 0.717) is 6.61 Å². The Morgan fingerprint density at radius 2 is 2.10 bits per heavy atom. The fourth-order valence-corrected chi connectivity index (χ4v) is 4.36. The van der Waals surface area contributed by atoms with Crippen molar-refractivity contribution in [1.29, 1.82) is 0 Å². The number of aryl methyl sites for hydroxylation is 2. The number of aromatic nitrogens is 2. The highest BCUT2D eigenvalue weighted by Gasteiger charge is 2.38. The molecule has 0 N–H and O–H groups in total. The Labute approximate surface area is 174 Å². The second kappa shape index (κ2) is 9.74.